The summed E-state index contributed by atoms with van der Waals surface area (Å²) in [4.78, 5) is 34.1. The van der Waals surface area contributed by atoms with E-state index in [1.54, 1.807) is 24.3 Å². The Morgan fingerprint density at radius 3 is 2.40 bits per heavy atom. The highest BCUT2D eigenvalue weighted by atomic mass is 32.2. The molecule has 130 valence electrons. The summed E-state index contributed by atoms with van der Waals surface area (Å²) in [6.45, 7) is 0. The average molecular weight is 363 g/mol. The number of nitrogens with zero attached hydrogens (tertiary/aromatic N) is 1. The number of halogens is 1. The minimum Gasteiger partial charge on any atom is -0.273 e. The molecule has 0 aliphatic heterocycles. The second kappa shape index (κ2) is 8.78. The summed E-state index contributed by atoms with van der Waals surface area (Å²) in [6, 6.07) is 11.9. The minimum absolute atomic E-state index is 0.0906. The van der Waals surface area contributed by atoms with Crippen LogP contribution in [-0.2, 0) is 16.0 Å². The molecule has 0 bridgehead atoms. The third-order valence-corrected chi connectivity index (χ3v) is 4.12. The van der Waals surface area contributed by atoms with Gasteiger partial charge in [-0.15, -0.1) is 11.8 Å². The van der Waals surface area contributed by atoms with Crippen LogP contribution in [0, 0.1) is 15.9 Å². The zero-order valence-corrected chi connectivity index (χ0v) is 13.7. The van der Waals surface area contributed by atoms with Gasteiger partial charge in [0, 0.05) is 16.5 Å². The molecule has 2 aromatic carbocycles. The van der Waals surface area contributed by atoms with E-state index in [4.69, 9.17) is 0 Å². The standard InChI is InChI=1S/C16H14FN3O4S/c17-12-6-2-4-8-14(12)25-10-16(22)19-18-15(21)9-11-5-1-3-7-13(11)20(23)24/h1-8H,9-10H2,(H,18,21)(H,19,22). The maximum absolute atomic E-state index is 13.4. The molecular weight excluding hydrogens is 349 g/mol. The number of amides is 2. The van der Waals surface area contributed by atoms with E-state index < -0.39 is 22.6 Å². The SMILES string of the molecule is O=C(CSc1ccccc1F)NNC(=O)Cc1ccccc1[N+](=O)[O-]. The van der Waals surface area contributed by atoms with E-state index in [2.05, 4.69) is 10.9 Å². The first-order valence-corrected chi connectivity index (χ1v) is 8.13. The summed E-state index contributed by atoms with van der Waals surface area (Å²) in [5.74, 6) is -1.64. The Morgan fingerprint density at radius 2 is 1.68 bits per heavy atom. The van der Waals surface area contributed by atoms with Crippen LogP contribution < -0.4 is 10.9 Å². The molecule has 0 saturated heterocycles. The lowest BCUT2D eigenvalue weighted by molar-refractivity contribution is -0.385. The number of thioether (sulfide) groups is 1. The summed E-state index contributed by atoms with van der Waals surface area (Å²) in [5, 5.41) is 10.9. The quantitative estimate of drug-likeness (QED) is 0.465. The maximum Gasteiger partial charge on any atom is 0.273 e. The Morgan fingerprint density at radius 1 is 1.04 bits per heavy atom. The smallest absolute Gasteiger partial charge is 0.273 e. The maximum atomic E-state index is 13.4. The van der Waals surface area contributed by atoms with Crippen LogP contribution in [0.25, 0.3) is 0 Å². The van der Waals surface area contributed by atoms with Crippen LogP contribution in [0.5, 0.6) is 0 Å². The van der Waals surface area contributed by atoms with Crippen molar-refractivity contribution in [2.45, 2.75) is 11.3 Å². The third kappa shape index (κ3) is 5.57. The summed E-state index contributed by atoms with van der Waals surface area (Å²) < 4.78 is 13.4. The molecule has 0 spiro atoms. The number of hydrogen-bond acceptors (Lipinski definition) is 5. The predicted octanol–water partition coefficient (Wildman–Crippen LogP) is 2.22. The Labute approximate surface area is 146 Å². The van der Waals surface area contributed by atoms with Gasteiger partial charge < -0.3 is 0 Å². The van der Waals surface area contributed by atoms with Crippen LogP contribution in [0.4, 0.5) is 10.1 Å². The molecule has 0 aromatic heterocycles. The van der Waals surface area contributed by atoms with E-state index >= 15 is 0 Å². The van der Waals surface area contributed by atoms with Crippen LogP contribution in [0.2, 0.25) is 0 Å². The molecule has 0 fully saturated rings. The van der Waals surface area contributed by atoms with Gasteiger partial charge in [-0.2, -0.15) is 0 Å². The van der Waals surface area contributed by atoms with Crippen LogP contribution in [0.1, 0.15) is 5.56 Å². The lowest BCUT2D eigenvalue weighted by Gasteiger charge is -2.08. The number of carbonyl (C=O) groups is 2. The molecule has 0 aliphatic carbocycles. The van der Waals surface area contributed by atoms with Gasteiger partial charge >= 0.3 is 0 Å². The van der Waals surface area contributed by atoms with E-state index in [0.717, 1.165) is 11.8 Å². The number of hydrogen-bond donors (Lipinski definition) is 2. The van der Waals surface area contributed by atoms with Crippen molar-refractivity contribution in [3.05, 3.63) is 70.0 Å². The molecule has 0 unspecified atom stereocenters. The van der Waals surface area contributed by atoms with Gasteiger partial charge in [0.25, 0.3) is 5.69 Å². The van der Waals surface area contributed by atoms with Crippen molar-refractivity contribution < 1.29 is 18.9 Å². The van der Waals surface area contributed by atoms with Crippen molar-refractivity contribution in [1.29, 1.82) is 0 Å². The normalized spacial score (nSPS) is 10.1. The lowest BCUT2D eigenvalue weighted by Crippen LogP contribution is -2.43. The first kappa shape index (κ1) is 18.4. The summed E-state index contributed by atoms with van der Waals surface area (Å²) in [5.41, 5.74) is 4.44. The largest absolute Gasteiger partial charge is 0.273 e. The molecule has 25 heavy (non-hydrogen) atoms. The molecule has 2 aromatic rings. The van der Waals surface area contributed by atoms with Crippen molar-refractivity contribution in [2.24, 2.45) is 0 Å². The second-order valence-electron chi connectivity index (χ2n) is 4.88. The van der Waals surface area contributed by atoms with Crippen LogP contribution in [0.3, 0.4) is 0 Å². The highest BCUT2D eigenvalue weighted by Gasteiger charge is 2.15. The van der Waals surface area contributed by atoms with Crippen LogP contribution in [-0.4, -0.2) is 22.5 Å². The molecule has 0 atom stereocenters. The zero-order chi connectivity index (χ0) is 18.2. The number of nitrogens with one attached hydrogen (secondary N) is 2. The van der Waals surface area contributed by atoms with Gasteiger partial charge in [0.15, 0.2) is 0 Å². The molecule has 7 nitrogen and oxygen atoms in total. The van der Waals surface area contributed by atoms with Gasteiger partial charge in [-0.3, -0.25) is 30.6 Å². The molecule has 0 radical (unpaired) electrons. The third-order valence-electron chi connectivity index (χ3n) is 3.08. The monoisotopic (exact) mass is 363 g/mol. The van der Waals surface area contributed by atoms with Gasteiger partial charge in [0.05, 0.1) is 17.1 Å². The fraction of sp³-hybridized carbons (Fsp3) is 0.125. The molecule has 2 amide bonds. The van der Waals surface area contributed by atoms with Gasteiger partial charge in [-0.25, -0.2) is 4.39 Å². The summed E-state index contributed by atoms with van der Waals surface area (Å²) >= 11 is 0.990. The van der Waals surface area contributed by atoms with Crippen molar-refractivity contribution in [3.63, 3.8) is 0 Å². The Balaban J connectivity index is 1.81. The molecule has 2 rings (SSSR count). The van der Waals surface area contributed by atoms with Gasteiger partial charge in [0.2, 0.25) is 11.8 Å². The number of benzene rings is 2. The van der Waals surface area contributed by atoms with Gasteiger partial charge in [0.1, 0.15) is 5.82 Å². The zero-order valence-electron chi connectivity index (χ0n) is 12.9. The van der Waals surface area contributed by atoms with Crippen LogP contribution in [0.15, 0.2) is 53.4 Å². The molecule has 0 heterocycles. The average Bonchev–Trinajstić information content (AvgIpc) is 2.59. The number of nitro groups is 1. The highest BCUT2D eigenvalue weighted by molar-refractivity contribution is 8.00. The Bertz CT molecular complexity index is 800. The van der Waals surface area contributed by atoms with E-state index in [1.165, 1.54) is 24.3 Å². The second-order valence-corrected chi connectivity index (χ2v) is 5.90. The number of carbonyl (C=O) groups excluding carboxylic acids is 2. The van der Waals surface area contributed by atoms with Gasteiger partial charge in [-0.05, 0) is 12.1 Å². The minimum atomic E-state index is -0.599. The number of rotatable bonds is 6. The first-order valence-electron chi connectivity index (χ1n) is 7.14. The fourth-order valence-corrected chi connectivity index (χ4v) is 2.68. The highest BCUT2D eigenvalue weighted by Crippen LogP contribution is 2.20. The van der Waals surface area contributed by atoms with Crippen molar-refractivity contribution in [3.8, 4) is 0 Å². The van der Waals surface area contributed by atoms with Crippen molar-refractivity contribution in [1.82, 2.24) is 10.9 Å². The molecular formula is C16H14FN3O4S. The topological polar surface area (TPSA) is 101 Å². The number of nitro benzene ring substituents is 1. The van der Waals surface area contributed by atoms with Crippen molar-refractivity contribution in [2.75, 3.05) is 5.75 Å². The lowest BCUT2D eigenvalue weighted by atomic mass is 10.1. The predicted molar refractivity (Wildman–Crippen MR) is 90.2 cm³/mol. The van der Waals surface area contributed by atoms with Crippen molar-refractivity contribution >= 4 is 29.3 Å². The fourth-order valence-electron chi connectivity index (χ4n) is 1.94. The summed E-state index contributed by atoms with van der Waals surface area (Å²) in [7, 11) is 0. The molecule has 2 N–H and O–H groups in total. The van der Waals surface area contributed by atoms with Gasteiger partial charge in [-0.1, -0.05) is 30.3 Å². The molecule has 0 aliphatic rings. The number of hydrazine groups is 1. The van der Waals surface area contributed by atoms with E-state index in [1.807, 2.05) is 0 Å². The van der Waals surface area contributed by atoms with E-state index in [0.29, 0.717) is 4.90 Å². The Hall–Kier alpha value is -2.94. The van der Waals surface area contributed by atoms with E-state index in [9.17, 15) is 24.1 Å². The first-order chi connectivity index (χ1) is 12.0. The summed E-state index contributed by atoms with van der Waals surface area (Å²) in [6.07, 6.45) is -0.252. The van der Waals surface area contributed by atoms with E-state index in [-0.39, 0.29) is 23.4 Å². The molecule has 0 saturated carbocycles. The number of para-hydroxylation sites is 1. The molecule has 9 heteroatoms. The Kier molecular flexibility index (Phi) is 6.47. The van der Waals surface area contributed by atoms with Crippen LogP contribution >= 0.6 is 11.8 Å².